The van der Waals surface area contributed by atoms with E-state index >= 15 is 0 Å². The molecule has 0 aliphatic rings. The molecular formula is C29H29N9O2S2. The SMILES string of the molecule is Cn1nc(CC(=O)Cc2nnc(CCCCc3nnc(NC(=O)Cc4nn(C)c5ccccc45)s3)s2)c2ccccc21. The molecule has 11 nitrogen and oxygen atoms in total. The molecule has 42 heavy (non-hydrogen) atoms. The van der Waals surface area contributed by atoms with Gasteiger partial charge in [0.2, 0.25) is 11.0 Å². The van der Waals surface area contributed by atoms with Gasteiger partial charge in [0, 0.05) is 37.7 Å². The van der Waals surface area contributed by atoms with Crippen molar-refractivity contribution in [2.24, 2.45) is 14.1 Å². The van der Waals surface area contributed by atoms with Gasteiger partial charge in [-0.25, -0.2) is 0 Å². The van der Waals surface area contributed by atoms with Crippen LogP contribution in [0.3, 0.4) is 0 Å². The fourth-order valence-corrected chi connectivity index (χ4v) is 6.70. The van der Waals surface area contributed by atoms with E-state index in [0.29, 0.717) is 5.13 Å². The van der Waals surface area contributed by atoms with Gasteiger partial charge in [-0.2, -0.15) is 10.2 Å². The number of nitrogens with one attached hydrogen (secondary N) is 1. The molecule has 0 unspecified atom stereocenters. The average molecular weight is 600 g/mol. The van der Waals surface area contributed by atoms with E-state index in [0.717, 1.165) is 73.9 Å². The number of hydrogen-bond donors (Lipinski definition) is 1. The van der Waals surface area contributed by atoms with Crippen molar-refractivity contribution in [3.8, 4) is 0 Å². The summed E-state index contributed by atoms with van der Waals surface area (Å²) >= 11 is 2.88. The maximum atomic E-state index is 12.7. The van der Waals surface area contributed by atoms with Crippen molar-refractivity contribution in [2.75, 3.05) is 5.32 Å². The number of unbranched alkanes of at least 4 members (excludes halogenated alkanes) is 1. The van der Waals surface area contributed by atoms with Gasteiger partial charge < -0.3 is 5.32 Å². The lowest BCUT2D eigenvalue weighted by Gasteiger charge is -1.99. The Hall–Kier alpha value is -4.36. The molecule has 0 saturated carbocycles. The van der Waals surface area contributed by atoms with Gasteiger partial charge in [0.25, 0.3) is 0 Å². The number of rotatable bonds is 12. The Bertz CT molecular complexity index is 1750. The molecule has 0 bridgehead atoms. The van der Waals surface area contributed by atoms with Crippen molar-refractivity contribution in [1.82, 2.24) is 40.0 Å². The minimum absolute atomic E-state index is 0.0779. The van der Waals surface area contributed by atoms with Gasteiger partial charge in [-0.1, -0.05) is 47.7 Å². The van der Waals surface area contributed by atoms with Crippen LogP contribution in [-0.4, -0.2) is 51.6 Å². The van der Waals surface area contributed by atoms with E-state index in [1.165, 1.54) is 22.7 Å². The quantitative estimate of drug-likeness (QED) is 0.206. The van der Waals surface area contributed by atoms with Gasteiger partial charge in [-0.3, -0.25) is 19.0 Å². The Morgan fingerprint density at radius 3 is 1.90 bits per heavy atom. The number of anilines is 1. The molecule has 6 rings (SSSR count). The molecule has 2 aromatic carbocycles. The van der Waals surface area contributed by atoms with Crippen molar-refractivity contribution in [1.29, 1.82) is 0 Å². The molecule has 4 aromatic heterocycles. The minimum atomic E-state index is -0.166. The Morgan fingerprint density at radius 1 is 0.690 bits per heavy atom. The lowest BCUT2D eigenvalue weighted by molar-refractivity contribution is -0.118. The number of carbonyl (C=O) groups is 2. The van der Waals surface area contributed by atoms with Gasteiger partial charge in [0.05, 0.1) is 41.7 Å². The van der Waals surface area contributed by atoms with Gasteiger partial charge in [-0.05, 0) is 25.0 Å². The van der Waals surface area contributed by atoms with Crippen LogP contribution in [-0.2, 0) is 55.8 Å². The third-order valence-corrected chi connectivity index (χ3v) is 8.84. The smallest absolute Gasteiger partial charge is 0.232 e. The number of carbonyl (C=O) groups excluding carboxylic acids is 2. The van der Waals surface area contributed by atoms with Crippen LogP contribution in [0.1, 0.15) is 39.3 Å². The number of benzene rings is 2. The number of Topliss-reactive ketones (excluding diaryl/α,β-unsaturated/α-hetero) is 1. The van der Waals surface area contributed by atoms with E-state index in [1.807, 2.05) is 67.3 Å². The average Bonchev–Trinajstić information content (AvgIpc) is 3.75. The lowest BCUT2D eigenvalue weighted by atomic mass is 10.1. The standard InChI is InChI=1S/C29H29N9O2S2/c1-37-23-11-5-3-9-19(23)21(35-37)15-18(39)16-28-33-31-26(41-28)13-7-8-14-27-32-34-29(42-27)30-25(40)17-22-20-10-4-6-12-24(20)38(2)36-22/h3-6,9-12H,7-8,13-17H2,1-2H3,(H,30,34,40). The third kappa shape index (κ3) is 6.26. The normalized spacial score (nSPS) is 11.5. The maximum Gasteiger partial charge on any atom is 0.232 e. The number of hydrogen-bond acceptors (Lipinski definition) is 10. The number of nitrogens with zero attached hydrogens (tertiary/aromatic N) is 8. The van der Waals surface area contributed by atoms with E-state index in [4.69, 9.17) is 0 Å². The van der Waals surface area contributed by atoms with Gasteiger partial charge in [-0.15, -0.1) is 31.7 Å². The van der Waals surface area contributed by atoms with Crippen molar-refractivity contribution >= 4 is 61.3 Å². The van der Waals surface area contributed by atoms with Crippen LogP contribution in [0.25, 0.3) is 21.8 Å². The van der Waals surface area contributed by atoms with E-state index in [2.05, 4.69) is 35.9 Å². The number of amides is 1. The zero-order valence-electron chi connectivity index (χ0n) is 23.3. The highest BCUT2D eigenvalue weighted by molar-refractivity contribution is 7.15. The first-order chi connectivity index (χ1) is 20.4. The highest BCUT2D eigenvalue weighted by Gasteiger charge is 2.16. The van der Waals surface area contributed by atoms with Gasteiger partial charge >= 0.3 is 0 Å². The van der Waals surface area contributed by atoms with Gasteiger partial charge in [0.1, 0.15) is 20.8 Å². The van der Waals surface area contributed by atoms with Crippen molar-refractivity contribution in [2.45, 2.75) is 44.9 Å². The first-order valence-corrected chi connectivity index (χ1v) is 15.3. The molecule has 4 heterocycles. The Balaban J connectivity index is 0.935. The molecule has 0 saturated heterocycles. The molecule has 0 aliphatic heterocycles. The monoisotopic (exact) mass is 599 g/mol. The highest BCUT2D eigenvalue weighted by atomic mass is 32.1. The number of ketones is 1. The fourth-order valence-electron chi connectivity index (χ4n) is 4.99. The molecule has 0 fully saturated rings. The fraction of sp³-hybridized carbons (Fsp3) is 0.310. The lowest BCUT2D eigenvalue weighted by Crippen LogP contribution is -2.14. The third-order valence-electron chi connectivity index (χ3n) is 6.96. The molecule has 0 radical (unpaired) electrons. The van der Waals surface area contributed by atoms with Crippen LogP contribution in [0, 0.1) is 0 Å². The molecule has 1 N–H and O–H groups in total. The molecule has 0 atom stereocenters. The molecule has 0 aliphatic carbocycles. The first-order valence-electron chi connectivity index (χ1n) is 13.7. The maximum absolute atomic E-state index is 12.7. The van der Waals surface area contributed by atoms with E-state index in [-0.39, 0.29) is 31.0 Å². The zero-order valence-corrected chi connectivity index (χ0v) is 24.9. The van der Waals surface area contributed by atoms with Crippen molar-refractivity contribution in [3.63, 3.8) is 0 Å². The van der Waals surface area contributed by atoms with E-state index in [1.54, 1.807) is 4.68 Å². The van der Waals surface area contributed by atoms with Crippen molar-refractivity contribution < 1.29 is 9.59 Å². The number of aromatic nitrogens is 8. The van der Waals surface area contributed by atoms with E-state index in [9.17, 15) is 9.59 Å². The second-order valence-electron chi connectivity index (χ2n) is 10.1. The minimum Gasteiger partial charge on any atom is -0.300 e. The molecule has 0 spiro atoms. The van der Waals surface area contributed by atoms with Crippen LogP contribution >= 0.6 is 22.7 Å². The summed E-state index contributed by atoms with van der Waals surface area (Å²) in [6, 6.07) is 15.8. The number of para-hydroxylation sites is 2. The summed E-state index contributed by atoms with van der Waals surface area (Å²) in [6.45, 7) is 0. The zero-order chi connectivity index (χ0) is 29.1. The second-order valence-corrected chi connectivity index (χ2v) is 12.3. The summed E-state index contributed by atoms with van der Waals surface area (Å²) in [5.74, 6) is -0.0883. The molecule has 1 amide bonds. The topological polar surface area (TPSA) is 133 Å². The number of fused-ring (bicyclic) bond motifs is 2. The summed E-state index contributed by atoms with van der Waals surface area (Å²) in [6.07, 6.45) is 4.09. The Kier molecular flexibility index (Phi) is 8.11. The first kappa shape index (κ1) is 27.8. The predicted molar refractivity (Wildman–Crippen MR) is 163 cm³/mol. The van der Waals surface area contributed by atoms with Crippen LogP contribution in [0.2, 0.25) is 0 Å². The summed E-state index contributed by atoms with van der Waals surface area (Å²) in [5.41, 5.74) is 3.54. The molecule has 13 heteroatoms. The Morgan fingerprint density at radius 2 is 1.24 bits per heavy atom. The highest BCUT2D eigenvalue weighted by Crippen LogP contribution is 2.22. The van der Waals surface area contributed by atoms with Crippen molar-refractivity contribution in [3.05, 3.63) is 74.9 Å². The Labute approximate surface area is 249 Å². The van der Waals surface area contributed by atoms with Crippen LogP contribution in [0.5, 0.6) is 0 Å². The summed E-state index contributed by atoms with van der Waals surface area (Å²) < 4.78 is 3.60. The van der Waals surface area contributed by atoms with E-state index < -0.39 is 0 Å². The summed E-state index contributed by atoms with van der Waals surface area (Å²) in [7, 11) is 3.76. The predicted octanol–water partition coefficient (Wildman–Crippen LogP) is 4.26. The van der Waals surface area contributed by atoms with Gasteiger partial charge in [0.15, 0.2) is 0 Å². The summed E-state index contributed by atoms with van der Waals surface area (Å²) in [5, 5.41) is 33.8. The van der Waals surface area contributed by atoms with Crippen LogP contribution in [0.15, 0.2) is 48.5 Å². The molecule has 6 aromatic rings. The molecule has 214 valence electrons. The number of aryl methyl sites for hydroxylation is 4. The van der Waals surface area contributed by atoms with Crippen LogP contribution < -0.4 is 5.32 Å². The summed E-state index contributed by atoms with van der Waals surface area (Å²) in [4.78, 5) is 25.3. The largest absolute Gasteiger partial charge is 0.300 e. The molecular weight excluding hydrogens is 571 g/mol. The van der Waals surface area contributed by atoms with Crippen LogP contribution in [0.4, 0.5) is 5.13 Å². The second kappa shape index (κ2) is 12.2.